The second kappa shape index (κ2) is 29.1. The van der Waals surface area contributed by atoms with Crippen molar-refractivity contribution in [2.45, 2.75) is 230 Å². The number of benzene rings is 3. The van der Waals surface area contributed by atoms with Crippen molar-refractivity contribution in [1.82, 2.24) is 9.80 Å². The van der Waals surface area contributed by atoms with E-state index in [2.05, 4.69) is 103 Å². The third kappa shape index (κ3) is 15.8. The first-order valence-corrected chi connectivity index (χ1v) is 31.7. The number of nitrogens with zero attached hydrogens (tertiary/aromatic N) is 2. The van der Waals surface area contributed by atoms with Gasteiger partial charge >= 0.3 is 5.97 Å². The fourth-order valence-electron chi connectivity index (χ4n) is 13.3. The molecule has 3 aliphatic rings. The van der Waals surface area contributed by atoms with Gasteiger partial charge in [0.2, 0.25) is 0 Å². The van der Waals surface area contributed by atoms with Gasteiger partial charge in [-0.2, -0.15) is 0 Å². The van der Waals surface area contributed by atoms with Crippen LogP contribution in [0.4, 0.5) is 0 Å². The second-order valence-electron chi connectivity index (χ2n) is 24.7. The van der Waals surface area contributed by atoms with Gasteiger partial charge in [0, 0.05) is 38.1 Å². The quantitative estimate of drug-likeness (QED) is 0.0418. The van der Waals surface area contributed by atoms with Crippen LogP contribution in [-0.4, -0.2) is 172 Å². The van der Waals surface area contributed by atoms with Gasteiger partial charge in [-0.15, -0.1) is 0 Å². The Labute approximate surface area is 475 Å². The number of likely N-dealkylation sites (N-methyl/N-ethyl adjacent to an activating group) is 1. The number of carbonyl (C=O) groups excluding carboxylic acids is 1. The highest BCUT2D eigenvalue weighted by atomic mass is 31.2. The Kier molecular flexibility index (Phi) is 24.0. The molecule has 0 spiro atoms. The third-order valence-corrected chi connectivity index (χ3v) is 22.6. The normalized spacial score (nSPS) is 36.8. The average Bonchev–Trinajstić information content (AvgIpc) is 3.50. The fraction of sp³-hybridized carbons (Fsp3) is 0.703. The molecule has 3 aromatic carbocycles. The minimum atomic E-state index is -1.88. The number of ether oxygens (including phenoxy) is 6. The van der Waals surface area contributed by atoms with Crippen molar-refractivity contribution in [2.24, 2.45) is 17.8 Å². The third-order valence-electron chi connectivity index (χ3n) is 18.1. The van der Waals surface area contributed by atoms with E-state index in [0.29, 0.717) is 19.5 Å². The van der Waals surface area contributed by atoms with Crippen molar-refractivity contribution in [3.63, 3.8) is 0 Å². The summed E-state index contributed by atoms with van der Waals surface area (Å²) in [6, 6.07) is 32.4. The largest absolute Gasteiger partial charge is 0.459 e. The maximum atomic E-state index is 14.7. The zero-order valence-electron chi connectivity index (χ0n) is 50.2. The lowest BCUT2D eigenvalue weighted by molar-refractivity contribution is -0.318. The molecule has 444 valence electrons. The molecule has 0 radical (unpaired) electrons. The van der Waals surface area contributed by atoms with Crippen LogP contribution >= 0.6 is 7.26 Å². The molecule has 3 fully saturated rings. The minimum absolute atomic E-state index is 0.124. The maximum Gasteiger partial charge on any atom is 0.311 e. The summed E-state index contributed by atoms with van der Waals surface area (Å²) in [7, 11) is 3.46. The highest BCUT2D eigenvalue weighted by molar-refractivity contribution is 7.95. The summed E-state index contributed by atoms with van der Waals surface area (Å²) in [5.41, 5.74) is -4.49. The molecule has 3 aliphatic heterocycles. The Balaban J connectivity index is 1.21. The van der Waals surface area contributed by atoms with E-state index in [4.69, 9.17) is 28.4 Å². The predicted molar refractivity (Wildman–Crippen MR) is 315 cm³/mol. The number of aliphatic hydroxyl groups excluding tert-OH is 3. The lowest BCUT2D eigenvalue weighted by Gasteiger charge is -2.48. The van der Waals surface area contributed by atoms with Crippen LogP contribution in [0.5, 0.6) is 0 Å². The van der Waals surface area contributed by atoms with Crippen LogP contribution in [0.25, 0.3) is 0 Å². The Morgan fingerprint density at radius 1 is 0.722 bits per heavy atom. The molecule has 79 heavy (non-hydrogen) atoms. The zero-order chi connectivity index (χ0) is 57.9. The number of rotatable bonds is 20. The Hall–Kier alpha value is -2.92. The van der Waals surface area contributed by atoms with Gasteiger partial charge in [0.05, 0.1) is 47.7 Å². The van der Waals surface area contributed by atoms with Crippen LogP contribution < -0.4 is 15.9 Å². The molecular weight excluding hydrogens is 1020 g/mol. The molecule has 3 saturated heterocycles. The predicted octanol–water partition coefficient (Wildman–Crippen LogP) is 8.00. The fourth-order valence-corrected chi connectivity index (χ4v) is 17.7. The van der Waals surface area contributed by atoms with Gasteiger partial charge in [-0.1, -0.05) is 101 Å². The first-order valence-electron chi connectivity index (χ1n) is 29.7. The SMILES string of the molecule is CC[C@H]1OC(=O)[C@H](C)[C@@H](O[C@H]2C[C@@](C)(OC)[C@@H](O)[C@H](C)O2)[C@H](C)[C@@H](O[C@@H]2O[C@H](C)C[C@H](N(C)C)[C@H]2O)[C@](C)(O)C[C@@H](C)CN(CCCCCCCCC[P+](c2ccccc2)(c2ccccc2)c2ccccc2)[C@H](C)[C@@H](O)[C@]1(C)O. The van der Waals surface area contributed by atoms with Crippen molar-refractivity contribution < 1.29 is 58.7 Å². The molecular formula is C64H102N2O12P+. The summed E-state index contributed by atoms with van der Waals surface area (Å²) in [6.45, 7) is 19.2. The standard InChI is InChI=1S/C64H102N2O12P/c1-14-53-64(10,72)57(68)47(6)66(37-29-18-16-15-17-19-30-38-79(49-31-23-20-24-32-49,50-33-25-21-26-34-50)51-35-27-22-28-36-51)42-43(2)40-62(8,71)59(78-61-55(67)52(65(11)12)39-44(3)74-61)45(4)56(46(5)60(70)76-53)77-54-41-63(9,73-13)58(69)48(7)75-54/h20-28,31-36,43-48,52-59,61,67-69,71-72H,14-19,29-30,37-42H2,1-13H3/q+1/t43-,44-,45+,46-,47-,48+,52+,53-,54+,55-,56+,57-,58+,59-,61+,62-,63-,64-/m1/s1. The van der Waals surface area contributed by atoms with E-state index >= 15 is 0 Å². The van der Waals surface area contributed by atoms with Crippen LogP contribution in [0.1, 0.15) is 140 Å². The molecule has 14 nitrogen and oxygen atoms in total. The number of methoxy groups -OCH3 is 1. The van der Waals surface area contributed by atoms with Gasteiger partial charge in [-0.05, 0) is 150 Å². The van der Waals surface area contributed by atoms with Gasteiger partial charge < -0.3 is 58.9 Å². The first-order chi connectivity index (χ1) is 37.4. The van der Waals surface area contributed by atoms with Crippen molar-refractivity contribution in [1.29, 1.82) is 0 Å². The van der Waals surface area contributed by atoms with E-state index in [-0.39, 0.29) is 37.3 Å². The topological polar surface area (TPSA) is 180 Å². The van der Waals surface area contributed by atoms with Gasteiger partial charge in [-0.25, -0.2) is 0 Å². The molecule has 18 atom stereocenters. The first kappa shape index (κ1) is 65.2. The molecule has 0 aromatic heterocycles. The Morgan fingerprint density at radius 2 is 1.25 bits per heavy atom. The van der Waals surface area contributed by atoms with Crippen LogP contribution in [0, 0.1) is 17.8 Å². The highest BCUT2D eigenvalue weighted by Gasteiger charge is 2.53. The zero-order valence-corrected chi connectivity index (χ0v) is 51.0. The molecule has 0 bridgehead atoms. The van der Waals surface area contributed by atoms with E-state index in [1.54, 1.807) is 34.6 Å². The van der Waals surface area contributed by atoms with Gasteiger partial charge in [-0.3, -0.25) is 9.69 Å². The monoisotopic (exact) mass is 1120 g/mol. The molecule has 5 N–H and O–H groups in total. The maximum absolute atomic E-state index is 14.7. The van der Waals surface area contributed by atoms with E-state index in [1.165, 1.54) is 23.0 Å². The van der Waals surface area contributed by atoms with Crippen LogP contribution in [0.2, 0.25) is 0 Å². The summed E-state index contributed by atoms with van der Waals surface area (Å²) in [6.07, 6.45) is 0.0467. The van der Waals surface area contributed by atoms with Crippen LogP contribution in [-0.2, 0) is 33.2 Å². The van der Waals surface area contributed by atoms with Crippen LogP contribution in [0.3, 0.4) is 0 Å². The number of aliphatic hydroxyl groups is 5. The molecule has 3 aromatic rings. The number of hydrogen-bond acceptors (Lipinski definition) is 14. The summed E-state index contributed by atoms with van der Waals surface area (Å²) in [5, 5.41) is 64.9. The molecule has 6 rings (SSSR count). The number of cyclic esters (lactones) is 1. The van der Waals surface area contributed by atoms with E-state index in [0.717, 1.165) is 51.1 Å². The molecule has 0 amide bonds. The van der Waals surface area contributed by atoms with Gasteiger partial charge in [0.15, 0.2) is 12.6 Å². The lowest BCUT2D eigenvalue weighted by atomic mass is 9.77. The Bertz CT molecular complexity index is 2170. The molecule has 15 heteroatoms. The molecule has 0 unspecified atom stereocenters. The van der Waals surface area contributed by atoms with E-state index in [1.807, 2.05) is 46.7 Å². The second-order valence-corrected chi connectivity index (χ2v) is 28.4. The summed E-state index contributed by atoms with van der Waals surface area (Å²) < 4.78 is 38.5. The smallest absolute Gasteiger partial charge is 0.311 e. The average molecular weight is 1120 g/mol. The van der Waals surface area contributed by atoms with Gasteiger partial charge in [0.25, 0.3) is 0 Å². The van der Waals surface area contributed by atoms with Crippen LogP contribution in [0.15, 0.2) is 91.0 Å². The van der Waals surface area contributed by atoms with Crippen molar-refractivity contribution >= 4 is 29.1 Å². The van der Waals surface area contributed by atoms with Crippen molar-refractivity contribution in [3.8, 4) is 0 Å². The summed E-state index contributed by atoms with van der Waals surface area (Å²) in [5.74, 6) is -2.67. The van der Waals surface area contributed by atoms with E-state index in [9.17, 15) is 30.3 Å². The number of unbranched alkanes of at least 4 members (excludes halogenated alkanes) is 6. The Morgan fingerprint density at radius 3 is 1.77 bits per heavy atom. The summed E-state index contributed by atoms with van der Waals surface area (Å²) >= 11 is 0. The molecule has 0 aliphatic carbocycles. The lowest BCUT2D eigenvalue weighted by Crippen LogP contribution is -2.60. The number of carbonyl (C=O) groups is 1. The number of esters is 1. The molecule has 3 heterocycles. The highest BCUT2D eigenvalue weighted by Crippen LogP contribution is 2.56. The van der Waals surface area contributed by atoms with Gasteiger partial charge in [0.1, 0.15) is 53.2 Å². The minimum Gasteiger partial charge on any atom is -0.459 e. The van der Waals surface area contributed by atoms with Crippen molar-refractivity contribution in [3.05, 3.63) is 91.0 Å². The van der Waals surface area contributed by atoms with Crippen molar-refractivity contribution in [2.75, 3.05) is 40.5 Å². The molecule has 0 saturated carbocycles. The number of hydrogen-bond donors (Lipinski definition) is 5. The van der Waals surface area contributed by atoms with E-state index < -0.39 is 103 Å². The summed E-state index contributed by atoms with van der Waals surface area (Å²) in [4.78, 5) is 18.9.